The van der Waals surface area contributed by atoms with Gasteiger partial charge in [-0.2, -0.15) is 0 Å². The van der Waals surface area contributed by atoms with E-state index in [1.54, 1.807) is 37.6 Å². The summed E-state index contributed by atoms with van der Waals surface area (Å²) in [4.78, 5) is 31.0. The van der Waals surface area contributed by atoms with E-state index in [0.29, 0.717) is 17.8 Å². The number of benzene rings is 2. The van der Waals surface area contributed by atoms with E-state index < -0.39 is 12.1 Å². The lowest BCUT2D eigenvalue weighted by atomic mass is 10.0. The van der Waals surface area contributed by atoms with Crippen molar-refractivity contribution in [1.82, 2.24) is 15.2 Å². The Balaban J connectivity index is 1.26. The van der Waals surface area contributed by atoms with E-state index in [4.69, 9.17) is 9.47 Å². The number of anilines is 1. The molecule has 1 unspecified atom stereocenters. The molecule has 2 aromatic carbocycles. The number of fused-ring (bicyclic) bond motifs is 1. The number of amides is 1. The molecule has 0 radical (unpaired) electrons. The molecule has 9 heteroatoms. The molecule has 36 heavy (non-hydrogen) atoms. The lowest BCUT2D eigenvalue weighted by Crippen LogP contribution is -2.45. The van der Waals surface area contributed by atoms with Crippen molar-refractivity contribution in [2.75, 3.05) is 45.7 Å². The summed E-state index contributed by atoms with van der Waals surface area (Å²) in [5, 5.41) is 18.0. The van der Waals surface area contributed by atoms with Crippen LogP contribution in [0.25, 0.3) is 10.9 Å². The van der Waals surface area contributed by atoms with E-state index in [1.165, 1.54) is 7.11 Å². The fraction of sp³-hybridized carbons (Fsp3) is 0.370. The number of piperidine rings is 1. The first kappa shape index (κ1) is 25.6. The Hall–Kier alpha value is -3.53. The predicted molar refractivity (Wildman–Crippen MR) is 137 cm³/mol. The Morgan fingerprint density at radius 3 is 2.67 bits per heavy atom. The van der Waals surface area contributed by atoms with E-state index in [9.17, 15) is 14.7 Å². The Morgan fingerprint density at radius 1 is 1.14 bits per heavy atom. The Morgan fingerprint density at radius 2 is 1.92 bits per heavy atom. The summed E-state index contributed by atoms with van der Waals surface area (Å²) in [6.07, 6.45) is 2.80. The number of hydrogen-bond donors (Lipinski definition) is 3. The van der Waals surface area contributed by atoms with Gasteiger partial charge < -0.3 is 30.1 Å². The molecule has 0 spiro atoms. The average molecular weight is 493 g/mol. The number of carbonyl (C=O) groups excluding carboxylic acids is 2. The maximum Gasteiger partial charge on any atom is 0.339 e. The summed E-state index contributed by atoms with van der Waals surface area (Å²) in [5.41, 5.74) is 2.41. The van der Waals surface area contributed by atoms with E-state index in [2.05, 4.69) is 20.5 Å². The summed E-state index contributed by atoms with van der Waals surface area (Å²) in [7, 11) is 2.93. The summed E-state index contributed by atoms with van der Waals surface area (Å²) < 4.78 is 10.1. The number of nitrogens with zero attached hydrogens (tertiary/aromatic N) is 2. The van der Waals surface area contributed by atoms with Crippen molar-refractivity contribution in [3.63, 3.8) is 0 Å². The first-order valence-corrected chi connectivity index (χ1v) is 12.0. The number of rotatable bonds is 9. The highest BCUT2D eigenvalue weighted by Crippen LogP contribution is 2.27. The highest BCUT2D eigenvalue weighted by atomic mass is 16.5. The highest BCUT2D eigenvalue weighted by molar-refractivity contribution is 6.01. The minimum Gasteiger partial charge on any atom is -0.497 e. The Kier molecular flexibility index (Phi) is 8.48. The minimum atomic E-state index is -0.646. The van der Waals surface area contributed by atoms with Gasteiger partial charge in [-0.25, -0.2) is 4.79 Å². The molecule has 0 saturated carbocycles. The van der Waals surface area contributed by atoms with Crippen LogP contribution in [-0.4, -0.2) is 73.3 Å². The van der Waals surface area contributed by atoms with Crippen LogP contribution in [0.5, 0.6) is 5.75 Å². The van der Waals surface area contributed by atoms with Crippen LogP contribution in [0.3, 0.4) is 0 Å². The van der Waals surface area contributed by atoms with E-state index >= 15 is 0 Å². The number of ether oxygens (including phenoxy) is 2. The van der Waals surface area contributed by atoms with Gasteiger partial charge in [-0.15, -0.1) is 0 Å². The van der Waals surface area contributed by atoms with Crippen molar-refractivity contribution in [2.45, 2.75) is 25.0 Å². The van der Waals surface area contributed by atoms with Gasteiger partial charge in [0.2, 0.25) is 5.91 Å². The van der Waals surface area contributed by atoms with Crippen LogP contribution in [0.15, 0.2) is 54.7 Å². The molecule has 190 valence electrons. The van der Waals surface area contributed by atoms with Crippen LogP contribution >= 0.6 is 0 Å². The number of pyridine rings is 1. The maximum absolute atomic E-state index is 12.5. The summed E-state index contributed by atoms with van der Waals surface area (Å²) in [6.45, 7) is 2.29. The zero-order valence-electron chi connectivity index (χ0n) is 20.6. The number of esters is 1. The number of nitrogens with one attached hydrogen (secondary N) is 2. The number of para-hydroxylation sites is 1. The molecule has 2 heterocycles. The zero-order chi connectivity index (χ0) is 25.5. The van der Waals surface area contributed by atoms with Gasteiger partial charge in [-0.05, 0) is 67.9 Å². The van der Waals surface area contributed by atoms with Crippen molar-refractivity contribution in [3.05, 3.63) is 65.9 Å². The third-order valence-corrected chi connectivity index (χ3v) is 6.52. The molecule has 4 rings (SSSR count). The van der Waals surface area contributed by atoms with Crippen molar-refractivity contribution in [1.29, 1.82) is 0 Å². The number of carbonyl (C=O) groups is 2. The zero-order valence-corrected chi connectivity index (χ0v) is 20.6. The number of aliphatic hydroxyl groups is 1. The van der Waals surface area contributed by atoms with Crippen LogP contribution in [0.4, 0.5) is 5.69 Å². The quantitative estimate of drug-likeness (QED) is 0.391. The number of methoxy groups -OCH3 is 2. The highest BCUT2D eigenvalue weighted by Gasteiger charge is 2.23. The lowest BCUT2D eigenvalue weighted by Gasteiger charge is -2.33. The van der Waals surface area contributed by atoms with Crippen molar-refractivity contribution in [2.24, 2.45) is 0 Å². The lowest BCUT2D eigenvalue weighted by molar-refractivity contribution is -0.115. The Labute approximate surface area is 210 Å². The summed E-state index contributed by atoms with van der Waals surface area (Å²) in [5.74, 6) is 0.0187. The third-order valence-electron chi connectivity index (χ3n) is 6.52. The fourth-order valence-electron chi connectivity index (χ4n) is 4.54. The number of aliphatic hydroxyl groups excluding tert-OH is 1. The number of β-amino-alcohol motifs (C(OH)–C–C–N with tert-alkyl or cyclic N) is 1. The molecule has 1 aromatic heterocycles. The molecule has 1 amide bonds. The SMILES string of the molecule is COC(=O)c1ccccc1NC(=O)CNC1CCN(CC(O)c2ccnc3ccc(OC)cc23)CC1. The van der Waals surface area contributed by atoms with Crippen molar-refractivity contribution < 1.29 is 24.2 Å². The minimum absolute atomic E-state index is 0.146. The van der Waals surface area contributed by atoms with Crippen LogP contribution in [0, 0.1) is 0 Å². The van der Waals surface area contributed by atoms with Gasteiger partial charge in [0.15, 0.2) is 0 Å². The van der Waals surface area contributed by atoms with E-state index in [1.807, 2.05) is 24.3 Å². The second kappa shape index (κ2) is 11.9. The maximum atomic E-state index is 12.5. The van der Waals surface area contributed by atoms with Gasteiger partial charge in [0.05, 0.1) is 43.6 Å². The van der Waals surface area contributed by atoms with Gasteiger partial charge in [-0.1, -0.05) is 12.1 Å². The average Bonchev–Trinajstić information content (AvgIpc) is 2.91. The molecule has 1 fully saturated rings. The normalized spacial score (nSPS) is 15.4. The first-order chi connectivity index (χ1) is 17.5. The first-order valence-electron chi connectivity index (χ1n) is 12.0. The second-order valence-electron chi connectivity index (χ2n) is 8.84. The monoisotopic (exact) mass is 492 g/mol. The van der Waals surface area contributed by atoms with Gasteiger partial charge in [-0.3, -0.25) is 9.78 Å². The third kappa shape index (κ3) is 6.17. The molecule has 1 saturated heterocycles. The number of aromatic nitrogens is 1. The van der Waals surface area contributed by atoms with Crippen molar-refractivity contribution in [3.8, 4) is 5.75 Å². The summed E-state index contributed by atoms with van der Waals surface area (Å²) >= 11 is 0. The molecule has 0 aliphatic carbocycles. The fourth-order valence-corrected chi connectivity index (χ4v) is 4.54. The Bertz CT molecular complexity index is 1210. The van der Waals surface area contributed by atoms with E-state index in [-0.39, 0.29) is 18.5 Å². The van der Waals surface area contributed by atoms with Crippen LogP contribution in [0.1, 0.15) is 34.9 Å². The van der Waals surface area contributed by atoms with Gasteiger partial charge in [0.1, 0.15) is 5.75 Å². The molecule has 1 atom stereocenters. The van der Waals surface area contributed by atoms with Crippen LogP contribution in [-0.2, 0) is 9.53 Å². The molecule has 1 aliphatic heterocycles. The molecule has 9 nitrogen and oxygen atoms in total. The van der Waals surface area contributed by atoms with Crippen LogP contribution in [0.2, 0.25) is 0 Å². The van der Waals surface area contributed by atoms with Gasteiger partial charge in [0, 0.05) is 24.2 Å². The predicted octanol–water partition coefficient (Wildman–Crippen LogP) is 2.76. The topological polar surface area (TPSA) is 113 Å². The molecular weight excluding hydrogens is 460 g/mol. The summed E-state index contributed by atoms with van der Waals surface area (Å²) in [6, 6.07) is 14.5. The smallest absolute Gasteiger partial charge is 0.339 e. The van der Waals surface area contributed by atoms with Crippen molar-refractivity contribution >= 4 is 28.5 Å². The molecule has 0 bridgehead atoms. The van der Waals surface area contributed by atoms with Crippen LogP contribution < -0.4 is 15.4 Å². The molecule has 3 N–H and O–H groups in total. The second-order valence-corrected chi connectivity index (χ2v) is 8.84. The molecular formula is C27H32N4O5. The van der Waals surface area contributed by atoms with E-state index in [0.717, 1.165) is 48.1 Å². The standard InChI is InChI=1S/C27H32N4O5/c1-35-19-7-8-23-22(15-19)20(9-12-28-23)25(32)17-31-13-10-18(11-14-31)29-16-26(33)30-24-6-4-3-5-21(24)27(34)36-2/h3-9,12,15,18,25,29,32H,10-11,13-14,16-17H2,1-2H3,(H,30,33). The van der Waals surface area contributed by atoms with Gasteiger partial charge in [0.25, 0.3) is 0 Å². The number of likely N-dealkylation sites (tertiary alicyclic amines) is 1. The number of hydrogen-bond acceptors (Lipinski definition) is 8. The largest absolute Gasteiger partial charge is 0.497 e. The molecule has 3 aromatic rings. The molecule has 1 aliphatic rings. The van der Waals surface area contributed by atoms with Gasteiger partial charge >= 0.3 is 5.97 Å².